The van der Waals surface area contributed by atoms with Gasteiger partial charge in [0.2, 0.25) is 5.91 Å². The molecular formula is C27H34FN3O3. The van der Waals surface area contributed by atoms with Crippen molar-refractivity contribution in [2.45, 2.75) is 38.6 Å². The van der Waals surface area contributed by atoms with Crippen molar-refractivity contribution in [1.82, 2.24) is 9.80 Å². The molecule has 0 radical (unpaired) electrons. The summed E-state index contributed by atoms with van der Waals surface area (Å²) in [6.45, 7) is 5.02. The van der Waals surface area contributed by atoms with Crippen molar-refractivity contribution in [2.75, 3.05) is 51.3 Å². The first kappa shape index (κ1) is 24.2. The van der Waals surface area contributed by atoms with Gasteiger partial charge < -0.3 is 14.5 Å². The van der Waals surface area contributed by atoms with E-state index in [-0.39, 0.29) is 23.5 Å². The molecular weight excluding hydrogens is 433 g/mol. The van der Waals surface area contributed by atoms with Crippen LogP contribution >= 0.6 is 0 Å². The van der Waals surface area contributed by atoms with Crippen LogP contribution in [-0.2, 0) is 4.79 Å². The molecule has 0 saturated carbocycles. The van der Waals surface area contributed by atoms with E-state index in [0.29, 0.717) is 44.0 Å². The number of hydrogen-bond donors (Lipinski definition) is 0. The van der Waals surface area contributed by atoms with E-state index in [0.717, 1.165) is 31.6 Å². The van der Waals surface area contributed by atoms with Crippen LogP contribution in [0, 0.1) is 5.82 Å². The molecule has 4 rings (SSSR count). The Hall–Kier alpha value is -2.93. The third kappa shape index (κ3) is 5.58. The van der Waals surface area contributed by atoms with Gasteiger partial charge in [-0.2, -0.15) is 0 Å². The normalized spacial score (nSPS) is 19.6. The Morgan fingerprint density at radius 2 is 1.71 bits per heavy atom. The maximum atomic E-state index is 14.6. The summed E-state index contributed by atoms with van der Waals surface area (Å²) >= 11 is 0. The molecule has 2 saturated heterocycles. The number of benzene rings is 2. The number of ketones is 1. The summed E-state index contributed by atoms with van der Waals surface area (Å²) in [5, 5.41) is 0. The van der Waals surface area contributed by atoms with E-state index in [1.807, 2.05) is 21.9 Å². The molecule has 2 fully saturated rings. The molecule has 0 aromatic heterocycles. The minimum absolute atomic E-state index is 0.132. The van der Waals surface area contributed by atoms with Crippen molar-refractivity contribution in [3.05, 3.63) is 59.4 Å². The molecule has 1 amide bonds. The van der Waals surface area contributed by atoms with Crippen LogP contribution < -0.4 is 9.64 Å². The number of nitrogens with zero attached hydrogens (tertiary/aromatic N) is 3. The largest absolute Gasteiger partial charge is 0.497 e. The minimum atomic E-state index is -0.389. The number of carbonyl (C=O) groups excluding carboxylic acids is 2. The third-order valence-corrected chi connectivity index (χ3v) is 7.03. The van der Waals surface area contributed by atoms with Crippen LogP contribution in [0.5, 0.6) is 5.75 Å². The maximum Gasteiger partial charge on any atom is 0.236 e. The van der Waals surface area contributed by atoms with Crippen LogP contribution in [0.1, 0.15) is 54.6 Å². The summed E-state index contributed by atoms with van der Waals surface area (Å²) in [5.41, 5.74) is 2.09. The van der Waals surface area contributed by atoms with Crippen LogP contribution in [0.15, 0.2) is 42.5 Å². The Kier molecular flexibility index (Phi) is 7.83. The van der Waals surface area contributed by atoms with Crippen molar-refractivity contribution in [1.29, 1.82) is 0 Å². The highest BCUT2D eigenvalue weighted by Crippen LogP contribution is 2.31. The molecule has 7 heteroatoms. The van der Waals surface area contributed by atoms with E-state index in [2.05, 4.69) is 17.0 Å². The van der Waals surface area contributed by atoms with Gasteiger partial charge in [-0.25, -0.2) is 4.39 Å². The first-order chi connectivity index (χ1) is 16.5. The SMILES string of the molecule is COc1ccc(C2CCCCCN2CC(=O)N2CCN(c3ccc(C(C)=O)cc3F)CC2)cc1. The zero-order chi connectivity index (χ0) is 24.1. The number of anilines is 1. The summed E-state index contributed by atoms with van der Waals surface area (Å²) in [6, 6.07) is 13.1. The van der Waals surface area contributed by atoms with Gasteiger partial charge in [-0.1, -0.05) is 25.0 Å². The van der Waals surface area contributed by atoms with E-state index in [9.17, 15) is 14.0 Å². The number of carbonyl (C=O) groups is 2. The molecule has 182 valence electrons. The first-order valence-electron chi connectivity index (χ1n) is 12.2. The van der Waals surface area contributed by atoms with Crippen LogP contribution in [0.2, 0.25) is 0 Å². The van der Waals surface area contributed by atoms with E-state index in [1.54, 1.807) is 19.2 Å². The Morgan fingerprint density at radius 1 is 0.971 bits per heavy atom. The molecule has 2 heterocycles. The average Bonchev–Trinajstić information content (AvgIpc) is 3.09. The molecule has 0 aliphatic carbocycles. The Morgan fingerprint density at radius 3 is 2.35 bits per heavy atom. The maximum absolute atomic E-state index is 14.6. The van der Waals surface area contributed by atoms with Crippen LogP contribution in [0.3, 0.4) is 0 Å². The van der Waals surface area contributed by atoms with Crippen LogP contribution in [-0.4, -0.2) is 67.9 Å². The number of Topliss-reactive ketones (excluding diaryl/α,β-unsaturated/α-hetero) is 1. The quantitative estimate of drug-likeness (QED) is 0.593. The molecule has 34 heavy (non-hydrogen) atoms. The number of piperazine rings is 1. The van der Waals surface area contributed by atoms with Gasteiger partial charge in [0.25, 0.3) is 0 Å². The molecule has 6 nitrogen and oxygen atoms in total. The van der Waals surface area contributed by atoms with Crippen molar-refractivity contribution in [3.8, 4) is 5.75 Å². The molecule has 2 aromatic rings. The van der Waals surface area contributed by atoms with Gasteiger partial charge >= 0.3 is 0 Å². The zero-order valence-corrected chi connectivity index (χ0v) is 20.1. The summed E-state index contributed by atoms with van der Waals surface area (Å²) in [5.74, 6) is 0.430. The Labute approximate surface area is 201 Å². The second-order valence-corrected chi connectivity index (χ2v) is 9.20. The van der Waals surface area contributed by atoms with E-state index in [1.165, 1.54) is 25.0 Å². The third-order valence-electron chi connectivity index (χ3n) is 7.03. The molecule has 0 bridgehead atoms. The molecule has 0 N–H and O–H groups in total. The summed E-state index contributed by atoms with van der Waals surface area (Å²) in [7, 11) is 1.67. The number of halogens is 1. The van der Waals surface area contributed by atoms with Crippen molar-refractivity contribution >= 4 is 17.4 Å². The first-order valence-corrected chi connectivity index (χ1v) is 12.2. The lowest BCUT2D eigenvalue weighted by molar-refractivity contribution is -0.133. The summed E-state index contributed by atoms with van der Waals surface area (Å²) in [4.78, 5) is 30.9. The van der Waals surface area contributed by atoms with Crippen LogP contribution in [0.25, 0.3) is 0 Å². The van der Waals surface area contributed by atoms with E-state index in [4.69, 9.17) is 4.74 Å². The zero-order valence-electron chi connectivity index (χ0n) is 20.1. The van der Waals surface area contributed by atoms with Crippen molar-refractivity contribution in [2.24, 2.45) is 0 Å². The molecule has 0 spiro atoms. The van der Waals surface area contributed by atoms with E-state index >= 15 is 0 Å². The fourth-order valence-electron chi connectivity index (χ4n) is 5.01. The van der Waals surface area contributed by atoms with Gasteiger partial charge in [-0.3, -0.25) is 14.5 Å². The predicted molar refractivity (Wildman–Crippen MR) is 131 cm³/mol. The highest BCUT2D eigenvalue weighted by atomic mass is 19.1. The second kappa shape index (κ2) is 11.0. The van der Waals surface area contributed by atoms with Gasteiger partial charge in [0.15, 0.2) is 5.78 Å². The van der Waals surface area contributed by atoms with Crippen molar-refractivity contribution < 1.29 is 18.7 Å². The monoisotopic (exact) mass is 467 g/mol. The Bertz CT molecular complexity index is 1000. The van der Waals surface area contributed by atoms with Gasteiger partial charge in [0.05, 0.1) is 19.3 Å². The number of methoxy groups -OCH3 is 1. The highest BCUT2D eigenvalue weighted by Gasteiger charge is 2.28. The standard InChI is InChI=1S/C27H34FN3O3/c1-20(32)22-9-12-26(24(28)18-22)29-14-16-30(17-15-29)27(33)19-31-13-5-3-4-6-25(31)21-7-10-23(34-2)11-8-21/h7-12,18,25H,3-6,13-17,19H2,1-2H3. The van der Waals surface area contributed by atoms with Gasteiger partial charge in [-0.05, 0) is 62.2 Å². The Balaban J connectivity index is 1.38. The number of hydrogen-bond acceptors (Lipinski definition) is 5. The van der Waals surface area contributed by atoms with Crippen molar-refractivity contribution in [3.63, 3.8) is 0 Å². The molecule has 2 aliphatic rings. The fraction of sp³-hybridized carbons (Fsp3) is 0.481. The smallest absolute Gasteiger partial charge is 0.236 e. The summed E-state index contributed by atoms with van der Waals surface area (Å²) < 4.78 is 19.9. The molecule has 1 unspecified atom stereocenters. The van der Waals surface area contributed by atoms with Gasteiger partial charge in [0, 0.05) is 37.8 Å². The number of rotatable bonds is 6. The minimum Gasteiger partial charge on any atom is -0.497 e. The lowest BCUT2D eigenvalue weighted by Crippen LogP contribution is -2.51. The lowest BCUT2D eigenvalue weighted by Gasteiger charge is -2.38. The fourth-order valence-corrected chi connectivity index (χ4v) is 5.01. The van der Waals surface area contributed by atoms with Gasteiger partial charge in [-0.15, -0.1) is 0 Å². The predicted octanol–water partition coefficient (Wildman–Crippen LogP) is 4.30. The van der Waals surface area contributed by atoms with Crippen LogP contribution in [0.4, 0.5) is 10.1 Å². The van der Waals surface area contributed by atoms with E-state index < -0.39 is 0 Å². The number of ether oxygens (including phenoxy) is 1. The molecule has 1 atom stereocenters. The molecule has 2 aromatic carbocycles. The average molecular weight is 468 g/mol. The number of likely N-dealkylation sites (tertiary alicyclic amines) is 1. The highest BCUT2D eigenvalue weighted by molar-refractivity contribution is 5.94. The molecule has 2 aliphatic heterocycles. The number of amides is 1. The topological polar surface area (TPSA) is 53.1 Å². The van der Waals surface area contributed by atoms with Gasteiger partial charge in [0.1, 0.15) is 11.6 Å². The lowest BCUT2D eigenvalue weighted by atomic mass is 10.0. The summed E-state index contributed by atoms with van der Waals surface area (Å²) in [6.07, 6.45) is 4.49. The second-order valence-electron chi connectivity index (χ2n) is 9.20.